The summed E-state index contributed by atoms with van der Waals surface area (Å²) in [5, 5.41) is 4.28. The van der Waals surface area contributed by atoms with Crippen molar-refractivity contribution in [2.75, 3.05) is 0 Å². The first-order chi connectivity index (χ1) is 9.22. The van der Waals surface area contributed by atoms with Gasteiger partial charge in [-0.15, -0.1) is 0 Å². The van der Waals surface area contributed by atoms with Gasteiger partial charge < -0.3 is 9.73 Å². The number of nitrogens with one attached hydrogen (secondary N) is 1. The van der Waals surface area contributed by atoms with Crippen molar-refractivity contribution >= 4 is 11.8 Å². The molecule has 3 rings (SSSR count). The molecule has 1 aliphatic carbocycles. The van der Waals surface area contributed by atoms with Crippen molar-refractivity contribution in [3.63, 3.8) is 0 Å². The number of hydrogen-bond acceptors (Lipinski definition) is 4. The highest BCUT2D eigenvalue weighted by atomic mass is 32.2. The lowest BCUT2D eigenvalue weighted by Gasteiger charge is -2.07. The topological polar surface area (TPSA) is 38.1 Å². The van der Waals surface area contributed by atoms with Crippen LogP contribution in [0.4, 0.5) is 0 Å². The van der Waals surface area contributed by atoms with E-state index in [1.807, 2.05) is 13.8 Å². The highest BCUT2D eigenvalue weighted by molar-refractivity contribution is 7.99. The maximum absolute atomic E-state index is 5.64. The zero-order valence-electron chi connectivity index (χ0n) is 11.3. The summed E-state index contributed by atoms with van der Waals surface area (Å²) >= 11 is 1.60. The number of aryl methyl sites for hydroxylation is 2. The Morgan fingerprint density at radius 1 is 1.32 bits per heavy atom. The van der Waals surface area contributed by atoms with Crippen LogP contribution in [-0.4, -0.2) is 11.0 Å². The summed E-state index contributed by atoms with van der Waals surface area (Å²) in [6, 6.07) is 9.17. The minimum atomic E-state index is 0.726. The number of oxazole rings is 1. The minimum Gasteiger partial charge on any atom is -0.436 e. The van der Waals surface area contributed by atoms with Crippen LogP contribution in [0.15, 0.2) is 38.8 Å². The maximum atomic E-state index is 5.64. The molecule has 1 fully saturated rings. The second-order valence-corrected chi connectivity index (χ2v) is 5.98. The molecule has 0 unspecified atom stereocenters. The molecule has 3 nitrogen and oxygen atoms in total. The second-order valence-electron chi connectivity index (χ2n) is 4.99. The Morgan fingerprint density at radius 2 is 2.11 bits per heavy atom. The summed E-state index contributed by atoms with van der Waals surface area (Å²) in [7, 11) is 0. The van der Waals surface area contributed by atoms with E-state index < -0.39 is 0 Å². The predicted molar refractivity (Wildman–Crippen MR) is 76.4 cm³/mol. The standard InChI is InChI=1S/C15H18N2OS/c1-10-11(2)18-15(17-10)19-14-6-4-3-5-12(14)9-16-13-7-8-13/h3-6,13,16H,7-9H2,1-2H3. The monoisotopic (exact) mass is 274 g/mol. The summed E-state index contributed by atoms with van der Waals surface area (Å²) < 4.78 is 5.64. The van der Waals surface area contributed by atoms with Crippen LogP contribution in [0.5, 0.6) is 0 Å². The summed E-state index contributed by atoms with van der Waals surface area (Å²) in [5.74, 6) is 0.899. The van der Waals surface area contributed by atoms with E-state index in [0.717, 1.165) is 29.3 Å². The molecule has 1 aromatic heterocycles. The molecule has 1 N–H and O–H groups in total. The van der Waals surface area contributed by atoms with Gasteiger partial charge in [-0.1, -0.05) is 18.2 Å². The zero-order valence-corrected chi connectivity index (χ0v) is 12.1. The fourth-order valence-electron chi connectivity index (χ4n) is 1.87. The van der Waals surface area contributed by atoms with E-state index in [2.05, 4.69) is 34.6 Å². The Hall–Kier alpha value is -1.26. The third kappa shape index (κ3) is 3.19. The van der Waals surface area contributed by atoms with Gasteiger partial charge in [-0.2, -0.15) is 0 Å². The van der Waals surface area contributed by atoms with Crippen LogP contribution in [0.2, 0.25) is 0 Å². The summed E-state index contributed by atoms with van der Waals surface area (Å²) in [5.41, 5.74) is 2.28. The first-order valence-corrected chi connectivity index (χ1v) is 7.47. The van der Waals surface area contributed by atoms with Gasteiger partial charge in [0.2, 0.25) is 0 Å². The molecule has 0 radical (unpaired) electrons. The van der Waals surface area contributed by atoms with Crippen LogP contribution < -0.4 is 5.32 Å². The van der Waals surface area contributed by atoms with Crippen molar-refractivity contribution in [3.05, 3.63) is 41.3 Å². The molecule has 0 amide bonds. The molecule has 0 spiro atoms. The van der Waals surface area contributed by atoms with Gasteiger partial charge in [-0.05, 0) is 50.1 Å². The van der Waals surface area contributed by atoms with Gasteiger partial charge in [0.15, 0.2) is 0 Å². The fourth-order valence-corrected chi connectivity index (χ4v) is 2.83. The van der Waals surface area contributed by atoms with Crippen molar-refractivity contribution in [1.82, 2.24) is 10.3 Å². The average molecular weight is 274 g/mol. The Kier molecular flexibility index (Phi) is 3.62. The van der Waals surface area contributed by atoms with E-state index in [0.29, 0.717) is 0 Å². The lowest BCUT2D eigenvalue weighted by Crippen LogP contribution is -2.15. The second kappa shape index (κ2) is 5.39. The largest absolute Gasteiger partial charge is 0.436 e. The Morgan fingerprint density at radius 3 is 2.79 bits per heavy atom. The summed E-state index contributed by atoms with van der Waals surface area (Å²) in [6.07, 6.45) is 2.63. The predicted octanol–water partition coefficient (Wildman–Crippen LogP) is 3.69. The van der Waals surface area contributed by atoms with Crippen LogP contribution in [0.3, 0.4) is 0 Å². The van der Waals surface area contributed by atoms with Gasteiger partial charge in [-0.3, -0.25) is 0 Å². The first-order valence-electron chi connectivity index (χ1n) is 6.65. The van der Waals surface area contributed by atoms with E-state index in [-0.39, 0.29) is 0 Å². The normalized spacial score (nSPS) is 14.8. The maximum Gasteiger partial charge on any atom is 0.261 e. The average Bonchev–Trinajstić information content (AvgIpc) is 3.16. The van der Waals surface area contributed by atoms with Crippen molar-refractivity contribution in [3.8, 4) is 0 Å². The van der Waals surface area contributed by atoms with Crippen LogP contribution in [0.1, 0.15) is 29.9 Å². The van der Waals surface area contributed by atoms with Crippen molar-refractivity contribution < 1.29 is 4.42 Å². The van der Waals surface area contributed by atoms with E-state index in [4.69, 9.17) is 4.42 Å². The van der Waals surface area contributed by atoms with E-state index in [9.17, 15) is 0 Å². The number of nitrogens with zero attached hydrogens (tertiary/aromatic N) is 1. The van der Waals surface area contributed by atoms with Gasteiger partial charge in [0.05, 0.1) is 5.69 Å². The van der Waals surface area contributed by atoms with Gasteiger partial charge >= 0.3 is 0 Å². The third-order valence-corrected chi connectivity index (χ3v) is 4.30. The zero-order chi connectivity index (χ0) is 13.2. The number of aromatic nitrogens is 1. The SMILES string of the molecule is Cc1nc(Sc2ccccc2CNC2CC2)oc1C. The number of hydrogen-bond donors (Lipinski definition) is 1. The van der Waals surface area contributed by atoms with Crippen LogP contribution >= 0.6 is 11.8 Å². The van der Waals surface area contributed by atoms with E-state index in [1.54, 1.807) is 11.8 Å². The molecule has 0 saturated heterocycles. The van der Waals surface area contributed by atoms with Crippen molar-refractivity contribution in [2.45, 2.75) is 49.4 Å². The lowest BCUT2D eigenvalue weighted by atomic mass is 10.2. The molecular weight excluding hydrogens is 256 g/mol. The molecule has 0 aliphatic heterocycles. The van der Waals surface area contributed by atoms with Crippen LogP contribution in [0.25, 0.3) is 0 Å². The van der Waals surface area contributed by atoms with Gasteiger partial charge in [0, 0.05) is 17.5 Å². The molecule has 0 bridgehead atoms. The molecule has 1 saturated carbocycles. The third-order valence-electron chi connectivity index (χ3n) is 3.34. The van der Waals surface area contributed by atoms with Crippen LogP contribution in [-0.2, 0) is 6.54 Å². The molecule has 100 valence electrons. The fraction of sp³-hybridized carbons (Fsp3) is 0.400. The molecule has 19 heavy (non-hydrogen) atoms. The first kappa shape index (κ1) is 12.8. The smallest absolute Gasteiger partial charge is 0.261 e. The molecule has 0 atom stereocenters. The highest BCUT2D eigenvalue weighted by Crippen LogP contribution is 2.31. The van der Waals surface area contributed by atoms with Crippen molar-refractivity contribution in [2.24, 2.45) is 0 Å². The Bertz CT molecular complexity index is 556. The van der Waals surface area contributed by atoms with E-state index in [1.165, 1.54) is 23.3 Å². The molecule has 1 aromatic carbocycles. The Balaban J connectivity index is 1.75. The lowest BCUT2D eigenvalue weighted by molar-refractivity contribution is 0.431. The van der Waals surface area contributed by atoms with Gasteiger partial charge in [-0.25, -0.2) is 4.98 Å². The number of rotatable bonds is 5. The highest BCUT2D eigenvalue weighted by Gasteiger charge is 2.20. The Labute approximate surface area is 117 Å². The molecule has 1 heterocycles. The molecule has 1 aliphatic rings. The molecule has 2 aromatic rings. The van der Waals surface area contributed by atoms with E-state index >= 15 is 0 Å². The minimum absolute atomic E-state index is 0.726. The summed E-state index contributed by atoms with van der Waals surface area (Å²) in [6.45, 7) is 4.85. The quantitative estimate of drug-likeness (QED) is 0.902. The van der Waals surface area contributed by atoms with Gasteiger partial charge in [0.25, 0.3) is 5.22 Å². The van der Waals surface area contributed by atoms with Crippen LogP contribution in [0, 0.1) is 13.8 Å². The molecule has 4 heteroatoms. The van der Waals surface area contributed by atoms with Crippen molar-refractivity contribution in [1.29, 1.82) is 0 Å². The summed E-state index contributed by atoms with van der Waals surface area (Å²) in [4.78, 5) is 5.65. The molecular formula is C15H18N2OS. The number of benzene rings is 1. The van der Waals surface area contributed by atoms with Gasteiger partial charge in [0.1, 0.15) is 5.76 Å².